The number of amides is 2. The molecule has 0 aromatic heterocycles. The van der Waals surface area contributed by atoms with Crippen molar-refractivity contribution in [1.82, 2.24) is 10.2 Å². The van der Waals surface area contributed by atoms with Crippen molar-refractivity contribution in [3.63, 3.8) is 0 Å². The number of fused-ring (bicyclic) bond motifs is 1. The predicted octanol–water partition coefficient (Wildman–Crippen LogP) is 6.46. The number of halogens is 3. The normalized spacial score (nSPS) is 13.1. The van der Waals surface area contributed by atoms with Gasteiger partial charge in [-0.05, 0) is 77.2 Å². The highest BCUT2D eigenvalue weighted by Crippen LogP contribution is 2.33. The van der Waals surface area contributed by atoms with Crippen molar-refractivity contribution < 1.29 is 32.2 Å². The largest absolute Gasteiger partial charge is 0.493 e. The molecule has 10 heteroatoms. The van der Waals surface area contributed by atoms with Crippen molar-refractivity contribution in [2.24, 2.45) is 0 Å². The lowest BCUT2D eigenvalue weighted by atomic mass is 9.97. The third kappa shape index (κ3) is 7.20. The van der Waals surface area contributed by atoms with Crippen molar-refractivity contribution in [3.05, 3.63) is 124 Å². The van der Waals surface area contributed by atoms with Crippen LogP contribution in [0.15, 0.2) is 84.9 Å². The number of methoxy groups -OCH3 is 2. The fourth-order valence-corrected chi connectivity index (χ4v) is 5.29. The van der Waals surface area contributed by atoms with Crippen molar-refractivity contribution in [2.45, 2.75) is 32.2 Å². The molecule has 1 heterocycles. The Bertz CT molecular complexity index is 1670. The van der Waals surface area contributed by atoms with E-state index in [-0.39, 0.29) is 30.5 Å². The fraction of sp³-hybridized carbons (Fsp3) is 0.235. The van der Waals surface area contributed by atoms with Gasteiger partial charge in [0.15, 0.2) is 11.5 Å². The van der Waals surface area contributed by atoms with Crippen molar-refractivity contribution in [1.29, 1.82) is 0 Å². The second-order valence-corrected chi connectivity index (χ2v) is 10.5. The Morgan fingerprint density at radius 1 is 0.818 bits per heavy atom. The van der Waals surface area contributed by atoms with Crippen LogP contribution in [0.2, 0.25) is 0 Å². The summed E-state index contributed by atoms with van der Waals surface area (Å²) >= 11 is 0. The van der Waals surface area contributed by atoms with E-state index in [1.165, 1.54) is 26.4 Å². The molecule has 44 heavy (non-hydrogen) atoms. The summed E-state index contributed by atoms with van der Waals surface area (Å²) in [6.45, 7) is 1.50. The van der Waals surface area contributed by atoms with Crippen LogP contribution in [0.4, 0.5) is 18.9 Å². The molecule has 228 valence electrons. The lowest BCUT2D eigenvalue weighted by Crippen LogP contribution is -2.31. The first-order chi connectivity index (χ1) is 21.1. The number of carbonyl (C=O) groups is 2. The van der Waals surface area contributed by atoms with Gasteiger partial charge < -0.3 is 20.1 Å². The molecule has 0 bridgehead atoms. The average Bonchev–Trinajstić information content (AvgIpc) is 3.03. The second kappa shape index (κ2) is 13.2. The number of carbonyl (C=O) groups excluding carboxylic acids is 2. The Balaban J connectivity index is 1.21. The first kappa shape index (κ1) is 30.6. The third-order valence-electron chi connectivity index (χ3n) is 7.56. The first-order valence-corrected chi connectivity index (χ1v) is 14.0. The molecule has 0 saturated carbocycles. The molecular formula is C34H32F3N3O4. The van der Waals surface area contributed by atoms with E-state index >= 15 is 0 Å². The number of nitrogens with zero attached hydrogens (tertiary/aromatic N) is 1. The van der Waals surface area contributed by atoms with Crippen molar-refractivity contribution in [2.75, 3.05) is 26.1 Å². The van der Waals surface area contributed by atoms with E-state index in [4.69, 9.17) is 9.47 Å². The van der Waals surface area contributed by atoms with Gasteiger partial charge in [-0.15, -0.1) is 0 Å². The number of hydrogen-bond donors (Lipinski definition) is 2. The zero-order valence-corrected chi connectivity index (χ0v) is 24.3. The van der Waals surface area contributed by atoms with Gasteiger partial charge in [-0.3, -0.25) is 14.5 Å². The fourth-order valence-electron chi connectivity index (χ4n) is 5.29. The van der Waals surface area contributed by atoms with Crippen LogP contribution in [0, 0.1) is 0 Å². The summed E-state index contributed by atoms with van der Waals surface area (Å²) in [5, 5.41) is 5.78. The minimum Gasteiger partial charge on any atom is -0.493 e. The molecular weight excluding hydrogens is 571 g/mol. The van der Waals surface area contributed by atoms with Gasteiger partial charge >= 0.3 is 6.18 Å². The summed E-state index contributed by atoms with van der Waals surface area (Å²) in [6, 6.07) is 23.2. The molecule has 0 fully saturated rings. The van der Waals surface area contributed by atoms with Gasteiger partial charge in [-0.25, -0.2) is 0 Å². The van der Waals surface area contributed by atoms with Crippen LogP contribution in [0.5, 0.6) is 11.5 Å². The predicted molar refractivity (Wildman–Crippen MR) is 161 cm³/mol. The topological polar surface area (TPSA) is 79.9 Å². The number of rotatable bonds is 9. The third-order valence-corrected chi connectivity index (χ3v) is 7.56. The molecule has 7 nitrogen and oxygen atoms in total. The Morgan fingerprint density at radius 2 is 1.59 bits per heavy atom. The molecule has 0 unspecified atom stereocenters. The molecule has 0 radical (unpaired) electrons. The standard InChI is InChI=1S/C34H32F3N3O4/c1-43-30-13-11-25(18-31(30)44-2)32(41)38-19-22-6-5-8-24(16-22)33(42)39-28-12-10-23-14-15-40(21-27(23)17-28)20-26-7-3-4-9-29(26)34(35,36)37/h3-13,16-18H,14-15,19-21H2,1-2H3,(H,38,41)(H,39,42). The first-order valence-electron chi connectivity index (χ1n) is 14.0. The molecule has 0 aliphatic carbocycles. The number of anilines is 1. The maximum atomic E-state index is 13.5. The van der Waals surface area contributed by atoms with E-state index in [1.54, 1.807) is 42.5 Å². The SMILES string of the molecule is COc1ccc(C(=O)NCc2cccc(C(=O)Nc3ccc4c(c3)CN(Cc3ccccc3C(F)(F)F)CC4)c2)cc1OC. The lowest BCUT2D eigenvalue weighted by molar-refractivity contribution is -0.138. The molecule has 1 aliphatic rings. The molecule has 1 aliphatic heterocycles. The molecule has 2 amide bonds. The lowest BCUT2D eigenvalue weighted by Gasteiger charge is -2.30. The molecule has 4 aromatic carbocycles. The Morgan fingerprint density at radius 3 is 2.36 bits per heavy atom. The number of benzene rings is 4. The Labute approximate surface area is 253 Å². The summed E-state index contributed by atoms with van der Waals surface area (Å²) in [4.78, 5) is 27.8. The Hall–Kier alpha value is -4.83. The zero-order chi connectivity index (χ0) is 31.3. The Kier molecular flexibility index (Phi) is 9.20. The van der Waals surface area contributed by atoms with Gasteiger partial charge in [0.25, 0.3) is 11.8 Å². The van der Waals surface area contributed by atoms with Gasteiger partial charge in [0.05, 0.1) is 19.8 Å². The smallest absolute Gasteiger partial charge is 0.416 e. The molecule has 2 N–H and O–H groups in total. The van der Waals surface area contributed by atoms with Crippen LogP contribution >= 0.6 is 0 Å². The monoisotopic (exact) mass is 603 g/mol. The summed E-state index contributed by atoms with van der Waals surface area (Å²) in [5.74, 6) is 0.349. The number of nitrogens with one attached hydrogen (secondary N) is 2. The van der Waals surface area contributed by atoms with Crippen LogP contribution in [0.1, 0.15) is 48.5 Å². The zero-order valence-electron chi connectivity index (χ0n) is 24.3. The van der Waals surface area contributed by atoms with Gasteiger partial charge in [0.2, 0.25) is 0 Å². The number of ether oxygens (including phenoxy) is 2. The van der Waals surface area contributed by atoms with E-state index in [1.807, 2.05) is 29.2 Å². The quantitative estimate of drug-likeness (QED) is 0.230. The number of alkyl halides is 3. The molecule has 0 atom stereocenters. The summed E-state index contributed by atoms with van der Waals surface area (Å²) in [7, 11) is 3.02. The highest BCUT2D eigenvalue weighted by molar-refractivity contribution is 6.04. The van der Waals surface area contributed by atoms with Crippen molar-refractivity contribution in [3.8, 4) is 11.5 Å². The maximum absolute atomic E-state index is 13.5. The molecule has 0 saturated heterocycles. The van der Waals surface area contributed by atoms with E-state index in [2.05, 4.69) is 10.6 Å². The van der Waals surface area contributed by atoms with Crippen LogP contribution in [0.3, 0.4) is 0 Å². The van der Waals surface area contributed by atoms with Crippen LogP contribution in [0.25, 0.3) is 0 Å². The van der Waals surface area contributed by atoms with Crippen LogP contribution in [-0.2, 0) is 32.2 Å². The van der Waals surface area contributed by atoms with Gasteiger partial charge in [0.1, 0.15) is 0 Å². The molecule has 5 rings (SSSR count). The van der Waals surface area contributed by atoms with E-state index in [9.17, 15) is 22.8 Å². The van der Waals surface area contributed by atoms with Crippen LogP contribution in [-0.4, -0.2) is 37.5 Å². The van der Waals surface area contributed by atoms with E-state index < -0.39 is 11.7 Å². The highest BCUT2D eigenvalue weighted by Gasteiger charge is 2.33. The summed E-state index contributed by atoms with van der Waals surface area (Å²) in [5.41, 5.74) is 3.87. The van der Waals surface area contributed by atoms with Crippen LogP contribution < -0.4 is 20.1 Å². The van der Waals surface area contributed by atoms with E-state index in [0.717, 1.165) is 22.8 Å². The van der Waals surface area contributed by atoms with E-state index in [0.29, 0.717) is 47.8 Å². The minimum absolute atomic E-state index is 0.182. The number of hydrogen-bond acceptors (Lipinski definition) is 5. The van der Waals surface area contributed by atoms with Crippen molar-refractivity contribution >= 4 is 17.5 Å². The molecule has 4 aromatic rings. The summed E-state index contributed by atoms with van der Waals surface area (Å²) in [6.07, 6.45) is -3.70. The van der Waals surface area contributed by atoms with Gasteiger partial charge in [-0.1, -0.05) is 36.4 Å². The highest BCUT2D eigenvalue weighted by atomic mass is 19.4. The van der Waals surface area contributed by atoms with Gasteiger partial charge in [-0.2, -0.15) is 13.2 Å². The van der Waals surface area contributed by atoms with Gasteiger partial charge in [0, 0.05) is 43.0 Å². The average molecular weight is 604 g/mol. The minimum atomic E-state index is -4.41. The maximum Gasteiger partial charge on any atom is 0.416 e. The summed E-state index contributed by atoms with van der Waals surface area (Å²) < 4.78 is 51.0. The molecule has 0 spiro atoms. The second-order valence-electron chi connectivity index (χ2n) is 10.5.